The Kier molecular flexibility index (Phi) is 7.58. The summed E-state index contributed by atoms with van der Waals surface area (Å²) in [6, 6.07) is 0. The van der Waals surface area contributed by atoms with Gasteiger partial charge in [-0.25, -0.2) is 0 Å². The number of rotatable bonds is 6. The molecule has 0 fully saturated rings. The molecule has 0 radical (unpaired) electrons. The fourth-order valence-electron chi connectivity index (χ4n) is 0.424. The zero-order valence-corrected chi connectivity index (χ0v) is 7.62. The first-order chi connectivity index (χ1) is 4.81. The lowest BCUT2D eigenvalue weighted by atomic mass is 10.3. The Bertz CT molecular complexity index is 70.6. The molecule has 0 saturated carbocycles. The van der Waals surface area contributed by atoms with Gasteiger partial charge in [0.25, 0.3) is 0 Å². The van der Waals surface area contributed by atoms with Gasteiger partial charge in [0, 0.05) is 12.3 Å². The van der Waals surface area contributed by atoms with E-state index in [1.807, 2.05) is 0 Å². The number of ether oxygens (including phenoxy) is 1. The Morgan fingerprint density at radius 3 is 2.80 bits per heavy atom. The van der Waals surface area contributed by atoms with Crippen molar-refractivity contribution in [2.75, 3.05) is 18.2 Å². The third-order valence-electron chi connectivity index (χ3n) is 1.27. The van der Waals surface area contributed by atoms with Gasteiger partial charge >= 0.3 is 0 Å². The van der Waals surface area contributed by atoms with Gasteiger partial charge in [-0.2, -0.15) is 0 Å². The Labute approximate surface area is 67.5 Å². The van der Waals surface area contributed by atoms with Crippen LogP contribution in [-0.4, -0.2) is 24.3 Å². The van der Waals surface area contributed by atoms with E-state index >= 15 is 0 Å². The van der Waals surface area contributed by atoms with Crippen LogP contribution in [0.4, 0.5) is 0 Å². The van der Waals surface area contributed by atoms with Gasteiger partial charge in [0.15, 0.2) is 0 Å². The molecule has 2 nitrogen and oxygen atoms in total. The van der Waals surface area contributed by atoms with Gasteiger partial charge in [0.1, 0.15) is 0 Å². The summed E-state index contributed by atoms with van der Waals surface area (Å²) in [5.41, 5.74) is 5.30. The van der Waals surface area contributed by atoms with Crippen molar-refractivity contribution in [3.8, 4) is 0 Å². The van der Waals surface area contributed by atoms with E-state index in [1.165, 1.54) is 0 Å². The van der Waals surface area contributed by atoms with Crippen molar-refractivity contribution in [3.05, 3.63) is 0 Å². The summed E-state index contributed by atoms with van der Waals surface area (Å²) in [6.45, 7) is 4.95. The predicted octanol–water partition coefficient (Wildman–Crippen LogP) is 1.45. The third kappa shape index (κ3) is 6.39. The van der Waals surface area contributed by atoms with E-state index in [2.05, 4.69) is 13.8 Å². The van der Waals surface area contributed by atoms with Gasteiger partial charge < -0.3 is 10.5 Å². The summed E-state index contributed by atoms with van der Waals surface area (Å²) in [4.78, 5) is 0. The molecule has 0 bridgehead atoms. The third-order valence-corrected chi connectivity index (χ3v) is 2.10. The Morgan fingerprint density at radius 2 is 2.30 bits per heavy atom. The molecule has 0 aliphatic carbocycles. The Hall–Kier alpha value is 0.270. The number of thioether (sulfide) groups is 1. The van der Waals surface area contributed by atoms with Crippen molar-refractivity contribution in [2.24, 2.45) is 5.73 Å². The van der Waals surface area contributed by atoms with Gasteiger partial charge in [0.2, 0.25) is 0 Å². The van der Waals surface area contributed by atoms with Crippen LogP contribution >= 0.6 is 11.8 Å². The predicted molar refractivity (Wildman–Crippen MR) is 47.2 cm³/mol. The second kappa shape index (κ2) is 7.38. The van der Waals surface area contributed by atoms with Gasteiger partial charge in [0.05, 0.1) is 12.0 Å². The molecule has 1 unspecified atom stereocenters. The molecule has 0 saturated heterocycles. The summed E-state index contributed by atoms with van der Waals surface area (Å²) < 4.78 is 5.40. The van der Waals surface area contributed by atoms with E-state index in [4.69, 9.17) is 10.5 Å². The lowest BCUT2D eigenvalue weighted by Gasteiger charge is -2.08. The highest BCUT2D eigenvalue weighted by Crippen LogP contribution is 2.03. The largest absolute Gasteiger partial charge is 0.368 e. The molecule has 0 aliphatic rings. The maximum absolute atomic E-state index is 5.40. The first-order valence-corrected chi connectivity index (χ1v) is 4.86. The molecular weight excluding hydrogens is 146 g/mol. The summed E-state index contributed by atoms with van der Waals surface area (Å²) in [5.74, 6) is 1.78. The van der Waals surface area contributed by atoms with Crippen LogP contribution in [0.3, 0.4) is 0 Å². The fourth-order valence-corrected chi connectivity index (χ4v) is 1.04. The molecule has 0 aromatic rings. The monoisotopic (exact) mass is 163 g/mol. The topological polar surface area (TPSA) is 35.2 Å². The highest BCUT2D eigenvalue weighted by atomic mass is 32.2. The first-order valence-electron chi connectivity index (χ1n) is 3.70. The quantitative estimate of drug-likeness (QED) is 0.475. The Balaban J connectivity index is 2.89. The molecule has 0 rings (SSSR count). The second-order valence-corrected chi connectivity index (χ2v) is 3.25. The molecule has 0 amide bonds. The minimum absolute atomic E-state index is 0.394. The van der Waals surface area contributed by atoms with Crippen molar-refractivity contribution < 1.29 is 4.74 Å². The van der Waals surface area contributed by atoms with Gasteiger partial charge in [-0.1, -0.05) is 6.92 Å². The van der Waals surface area contributed by atoms with E-state index < -0.39 is 0 Å². The summed E-state index contributed by atoms with van der Waals surface area (Å²) in [5, 5.41) is 0. The van der Waals surface area contributed by atoms with E-state index in [-0.39, 0.29) is 0 Å². The standard InChI is InChI=1S/C7H17NOS/c1-3-7(2)9-6-10-5-4-8/h7H,3-6,8H2,1-2H3. The average Bonchev–Trinajstić information content (AvgIpc) is 1.98. The van der Waals surface area contributed by atoms with Gasteiger partial charge in [-0.3, -0.25) is 0 Å². The average molecular weight is 163 g/mol. The van der Waals surface area contributed by atoms with E-state index in [0.717, 1.165) is 24.7 Å². The molecule has 2 N–H and O–H groups in total. The molecular formula is C7H17NOS. The highest BCUT2D eigenvalue weighted by molar-refractivity contribution is 7.99. The van der Waals surface area contributed by atoms with Crippen LogP contribution < -0.4 is 5.73 Å². The van der Waals surface area contributed by atoms with Gasteiger partial charge in [-0.15, -0.1) is 11.8 Å². The number of hydrogen-bond acceptors (Lipinski definition) is 3. The molecule has 0 aliphatic heterocycles. The maximum Gasteiger partial charge on any atom is 0.0924 e. The molecule has 62 valence electrons. The highest BCUT2D eigenvalue weighted by Gasteiger charge is 1.95. The molecule has 0 aromatic carbocycles. The zero-order valence-electron chi connectivity index (χ0n) is 6.80. The van der Waals surface area contributed by atoms with Crippen molar-refractivity contribution in [1.82, 2.24) is 0 Å². The number of hydrogen-bond donors (Lipinski definition) is 1. The molecule has 0 spiro atoms. The van der Waals surface area contributed by atoms with Crippen LogP contribution in [0, 0.1) is 0 Å². The minimum atomic E-state index is 0.394. The fraction of sp³-hybridized carbons (Fsp3) is 1.00. The molecule has 1 atom stereocenters. The maximum atomic E-state index is 5.40. The summed E-state index contributed by atoms with van der Waals surface area (Å²) in [6.07, 6.45) is 1.48. The van der Waals surface area contributed by atoms with Crippen LogP contribution in [0.25, 0.3) is 0 Å². The SMILES string of the molecule is CCC(C)OCSCCN. The van der Waals surface area contributed by atoms with Crippen molar-refractivity contribution in [3.63, 3.8) is 0 Å². The smallest absolute Gasteiger partial charge is 0.0924 e. The normalized spacial score (nSPS) is 13.5. The number of nitrogens with two attached hydrogens (primary N) is 1. The first kappa shape index (κ1) is 10.3. The van der Waals surface area contributed by atoms with Crippen LogP contribution in [0.5, 0.6) is 0 Å². The summed E-state index contributed by atoms with van der Waals surface area (Å²) in [7, 11) is 0. The van der Waals surface area contributed by atoms with Crippen LogP contribution in [0.1, 0.15) is 20.3 Å². The lowest BCUT2D eigenvalue weighted by molar-refractivity contribution is 0.102. The Morgan fingerprint density at radius 1 is 1.60 bits per heavy atom. The van der Waals surface area contributed by atoms with Crippen LogP contribution in [-0.2, 0) is 4.74 Å². The second-order valence-electron chi connectivity index (χ2n) is 2.20. The minimum Gasteiger partial charge on any atom is -0.368 e. The van der Waals surface area contributed by atoms with Crippen molar-refractivity contribution in [1.29, 1.82) is 0 Å². The molecule has 0 heterocycles. The van der Waals surface area contributed by atoms with Crippen LogP contribution in [0.15, 0.2) is 0 Å². The van der Waals surface area contributed by atoms with Crippen LogP contribution in [0.2, 0.25) is 0 Å². The van der Waals surface area contributed by atoms with Crippen molar-refractivity contribution in [2.45, 2.75) is 26.4 Å². The van der Waals surface area contributed by atoms with Crippen molar-refractivity contribution >= 4 is 11.8 Å². The van der Waals surface area contributed by atoms with E-state index in [1.54, 1.807) is 11.8 Å². The summed E-state index contributed by atoms with van der Waals surface area (Å²) >= 11 is 1.75. The van der Waals surface area contributed by atoms with Gasteiger partial charge in [-0.05, 0) is 13.3 Å². The molecule has 10 heavy (non-hydrogen) atoms. The molecule has 3 heteroatoms. The lowest BCUT2D eigenvalue weighted by Crippen LogP contribution is -2.08. The molecule has 0 aromatic heterocycles. The van der Waals surface area contributed by atoms with E-state index in [0.29, 0.717) is 6.10 Å². The van der Waals surface area contributed by atoms with E-state index in [9.17, 15) is 0 Å². The zero-order chi connectivity index (χ0) is 7.82.